The molecule has 0 saturated heterocycles. The van der Waals surface area contributed by atoms with Crippen LogP contribution < -0.4 is 5.32 Å². The lowest BCUT2D eigenvalue weighted by Crippen LogP contribution is -1.97. The number of carbonyl (C=O) groups is 1. The Morgan fingerprint density at radius 2 is 1.80 bits per heavy atom. The number of allylic oxidation sites excluding steroid dienone is 1. The van der Waals surface area contributed by atoms with Crippen molar-refractivity contribution in [1.82, 2.24) is 0 Å². The van der Waals surface area contributed by atoms with Gasteiger partial charge in [0.15, 0.2) is 5.78 Å². The van der Waals surface area contributed by atoms with Gasteiger partial charge in [-0.15, -0.1) is 0 Å². The Bertz CT molecular complexity index is 653. The molecule has 0 heterocycles. The number of halogens is 3. The van der Waals surface area contributed by atoms with Crippen LogP contribution in [0.4, 0.5) is 14.5 Å². The van der Waals surface area contributed by atoms with Crippen molar-refractivity contribution in [3.63, 3.8) is 0 Å². The quantitative estimate of drug-likeness (QED) is 0.667. The summed E-state index contributed by atoms with van der Waals surface area (Å²) in [6.45, 7) is 0. The highest BCUT2D eigenvalue weighted by Crippen LogP contribution is 2.18. The highest BCUT2D eigenvalue weighted by Gasteiger charge is 2.03. The SMILES string of the molecule is O=C(/C=C\Nc1ccc(Cl)cc1F)c1ccc(F)cc1. The molecule has 0 aliphatic heterocycles. The molecule has 0 radical (unpaired) electrons. The highest BCUT2D eigenvalue weighted by atomic mass is 35.5. The van der Waals surface area contributed by atoms with Crippen molar-refractivity contribution in [2.24, 2.45) is 0 Å². The average molecular weight is 294 g/mol. The molecule has 2 aromatic rings. The smallest absolute Gasteiger partial charge is 0.187 e. The third-order valence-electron chi connectivity index (χ3n) is 2.53. The van der Waals surface area contributed by atoms with Gasteiger partial charge in [-0.1, -0.05) is 11.6 Å². The molecule has 0 aliphatic rings. The average Bonchev–Trinajstić information content (AvgIpc) is 2.42. The van der Waals surface area contributed by atoms with Crippen LogP contribution >= 0.6 is 11.6 Å². The van der Waals surface area contributed by atoms with Crippen molar-refractivity contribution in [1.29, 1.82) is 0 Å². The lowest BCUT2D eigenvalue weighted by molar-refractivity contribution is 0.104. The van der Waals surface area contributed by atoms with Crippen LogP contribution in [-0.2, 0) is 0 Å². The van der Waals surface area contributed by atoms with Crippen LogP contribution in [0, 0.1) is 11.6 Å². The number of hydrogen-bond acceptors (Lipinski definition) is 2. The van der Waals surface area contributed by atoms with E-state index in [-0.39, 0.29) is 11.5 Å². The topological polar surface area (TPSA) is 29.1 Å². The monoisotopic (exact) mass is 293 g/mol. The summed E-state index contributed by atoms with van der Waals surface area (Å²) in [5, 5.41) is 2.93. The third kappa shape index (κ3) is 3.65. The zero-order valence-corrected chi connectivity index (χ0v) is 11.0. The summed E-state index contributed by atoms with van der Waals surface area (Å²) in [6.07, 6.45) is 2.55. The molecule has 2 nitrogen and oxygen atoms in total. The van der Waals surface area contributed by atoms with Crippen LogP contribution in [0.1, 0.15) is 10.4 Å². The van der Waals surface area contributed by atoms with E-state index in [2.05, 4.69) is 5.32 Å². The molecule has 2 rings (SSSR count). The number of hydrogen-bond donors (Lipinski definition) is 1. The molecule has 0 unspecified atom stereocenters. The van der Waals surface area contributed by atoms with Gasteiger partial charge < -0.3 is 5.32 Å². The summed E-state index contributed by atoms with van der Waals surface area (Å²) in [4.78, 5) is 11.7. The van der Waals surface area contributed by atoms with E-state index in [1.165, 1.54) is 54.7 Å². The number of benzene rings is 2. The first-order valence-corrected chi connectivity index (χ1v) is 6.12. The summed E-state index contributed by atoms with van der Waals surface area (Å²) in [5.74, 6) is -1.24. The van der Waals surface area contributed by atoms with Gasteiger partial charge in [0.05, 0.1) is 5.69 Å². The van der Waals surface area contributed by atoms with E-state index >= 15 is 0 Å². The van der Waals surface area contributed by atoms with Gasteiger partial charge in [0.1, 0.15) is 11.6 Å². The minimum absolute atomic E-state index is 0.206. The molecular formula is C15H10ClF2NO. The van der Waals surface area contributed by atoms with Crippen molar-refractivity contribution in [2.45, 2.75) is 0 Å². The number of ketones is 1. The van der Waals surface area contributed by atoms with E-state index in [0.29, 0.717) is 10.6 Å². The number of carbonyl (C=O) groups excluding carboxylic acids is 1. The zero-order valence-electron chi connectivity index (χ0n) is 10.2. The largest absolute Gasteiger partial charge is 0.359 e. The van der Waals surface area contributed by atoms with Crippen molar-refractivity contribution in [2.75, 3.05) is 5.32 Å². The van der Waals surface area contributed by atoms with E-state index in [0.717, 1.165) is 0 Å². The first kappa shape index (κ1) is 14.2. The fraction of sp³-hybridized carbons (Fsp3) is 0. The van der Waals surface area contributed by atoms with Gasteiger partial charge in [-0.3, -0.25) is 4.79 Å². The van der Waals surface area contributed by atoms with Gasteiger partial charge in [-0.25, -0.2) is 8.78 Å². The minimum atomic E-state index is -0.517. The highest BCUT2D eigenvalue weighted by molar-refractivity contribution is 6.30. The maximum Gasteiger partial charge on any atom is 0.187 e. The molecular weight excluding hydrogens is 284 g/mol. The predicted molar refractivity (Wildman–Crippen MR) is 74.9 cm³/mol. The predicted octanol–water partition coefficient (Wildman–Crippen LogP) is 4.43. The molecule has 0 aliphatic carbocycles. The molecule has 0 amide bonds. The molecule has 0 saturated carbocycles. The molecule has 0 fully saturated rings. The fourth-order valence-corrected chi connectivity index (χ4v) is 1.68. The maximum atomic E-state index is 13.4. The Balaban J connectivity index is 2.02. The first-order valence-electron chi connectivity index (χ1n) is 5.74. The first-order chi connectivity index (χ1) is 9.56. The molecule has 0 atom stereocenters. The third-order valence-corrected chi connectivity index (χ3v) is 2.77. The van der Waals surface area contributed by atoms with Crippen LogP contribution in [0.15, 0.2) is 54.7 Å². The summed E-state index contributed by atoms with van der Waals surface area (Å²) >= 11 is 5.62. The Morgan fingerprint density at radius 1 is 1.10 bits per heavy atom. The number of anilines is 1. The van der Waals surface area contributed by atoms with Crippen molar-refractivity contribution < 1.29 is 13.6 Å². The number of nitrogens with one attached hydrogen (secondary N) is 1. The van der Waals surface area contributed by atoms with Crippen molar-refractivity contribution >= 4 is 23.1 Å². The Kier molecular flexibility index (Phi) is 4.48. The van der Waals surface area contributed by atoms with E-state index in [1.54, 1.807) is 0 Å². The molecule has 102 valence electrons. The van der Waals surface area contributed by atoms with Crippen LogP contribution in [0.2, 0.25) is 5.02 Å². The summed E-state index contributed by atoms with van der Waals surface area (Å²) in [5.41, 5.74) is 0.554. The van der Waals surface area contributed by atoms with E-state index < -0.39 is 11.6 Å². The minimum Gasteiger partial charge on any atom is -0.359 e. The molecule has 20 heavy (non-hydrogen) atoms. The molecule has 5 heteroatoms. The van der Waals surface area contributed by atoms with Crippen LogP contribution in [0.3, 0.4) is 0 Å². The van der Waals surface area contributed by atoms with Crippen molar-refractivity contribution in [3.8, 4) is 0 Å². The van der Waals surface area contributed by atoms with Gasteiger partial charge in [0.2, 0.25) is 0 Å². The van der Waals surface area contributed by atoms with E-state index in [1.807, 2.05) is 0 Å². The van der Waals surface area contributed by atoms with Gasteiger partial charge >= 0.3 is 0 Å². The molecule has 0 aromatic heterocycles. The fourth-order valence-electron chi connectivity index (χ4n) is 1.52. The second kappa shape index (κ2) is 6.30. The Hall–Kier alpha value is -2.20. The second-order valence-electron chi connectivity index (χ2n) is 3.97. The summed E-state index contributed by atoms with van der Waals surface area (Å²) < 4.78 is 26.1. The van der Waals surface area contributed by atoms with Crippen LogP contribution in [0.5, 0.6) is 0 Å². The molecule has 2 aromatic carbocycles. The molecule has 1 N–H and O–H groups in total. The number of rotatable bonds is 4. The lowest BCUT2D eigenvalue weighted by Gasteiger charge is -2.02. The Morgan fingerprint density at radius 3 is 2.45 bits per heavy atom. The molecule has 0 bridgehead atoms. The standard InChI is InChI=1S/C15H10ClF2NO/c16-11-3-6-14(13(18)9-11)19-8-7-15(20)10-1-4-12(17)5-2-10/h1-9,19H/b8-7-. The van der Waals surface area contributed by atoms with Gasteiger partial charge in [-0.05, 0) is 42.5 Å². The van der Waals surface area contributed by atoms with Crippen molar-refractivity contribution in [3.05, 3.63) is 77.0 Å². The van der Waals surface area contributed by atoms with Crippen LogP contribution in [0.25, 0.3) is 0 Å². The summed E-state index contributed by atoms with van der Waals surface area (Å²) in [7, 11) is 0. The second-order valence-corrected chi connectivity index (χ2v) is 4.41. The Labute approximate surface area is 119 Å². The van der Waals surface area contributed by atoms with Gasteiger partial charge in [0, 0.05) is 22.9 Å². The molecule has 0 spiro atoms. The van der Waals surface area contributed by atoms with Gasteiger partial charge in [0.25, 0.3) is 0 Å². The van der Waals surface area contributed by atoms with Crippen LogP contribution in [-0.4, -0.2) is 5.78 Å². The zero-order chi connectivity index (χ0) is 14.5. The van der Waals surface area contributed by atoms with Gasteiger partial charge in [-0.2, -0.15) is 0 Å². The normalized spacial score (nSPS) is 10.8. The maximum absolute atomic E-state index is 13.4. The summed E-state index contributed by atoms with van der Waals surface area (Å²) in [6, 6.07) is 9.32. The van der Waals surface area contributed by atoms with E-state index in [9.17, 15) is 13.6 Å². The lowest BCUT2D eigenvalue weighted by atomic mass is 10.1. The van der Waals surface area contributed by atoms with E-state index in [4.69, 9.17) is 11.6 Å².